The van der Waals surface area contributed by atoms with E-state index in [9.17, 15) is 0 Å². The topological polar surface area (TPSA) is 18.5 Å². The highest BCUT2D eigenvalue weighted by molar-refractivity contribution is 7.80. The average molecular weight is 325 g/mol. The van der Waals surface area contributed by atoms with Crippen molar-refractivity contribution in [1.82, 2.24) is 0 Å². The lowest BCUT2D eigenvalue weighted by atomic mass is 9.78. The third-order valence-electron chi connectivity index (χ3n) is 4.16. The average Bonchev–Trinajstić information content (AvgIpc) is 2.54. The summed E-state index contributed by atoms with van der Waals surface area (Å²) in [6, 6.07) is 5.96. The van der Waals surface area contributed by atoms with Crippen molar-refractivity contribution in [1.29, 1.82) is 0 Å². The molecule has 1 fully saturated rings. The van der Waals surface area contributed by atoms with Crippen LogP contribution in [0, 0.1) is 6.92 Å². The van der Waals surface area contributed by atoms with Crippen molar-refractivity contribution in [2.45, 2.75) is 45.8 Å². The van der Waals surface area contributed by atoms with Crippen LogP contribution in [0.1, 0.15) is 38.8 Å². The van der Waals surface area contributed by atoms with Crippen LogP contribution < -0.4 is 0 Å². The van der Waals surface area contributed by atoms with Crippen LogP contribution in [0.5, 0.6) is 0 Å². The maximum absolute atomic E-state index is 6.12. The van der Waals surface area contributed by atoms with E-state index in [1.54, 1.807) is 0 Å². The lowest BCUT2D eigenvalue weighted by Crippen LogP contribution is -2.41. The molecule has 0 unspecified atom stereocenters. The summed E-state index contributed by atoms with van der Waals surface area (Å²) in [5, 5.41) is 0.730. The Balaban J connectivity index is 2.30. The molecule has 1 aliphatic rings. The minimum absolute atomic E-state index is 0.343. The molecule has 0 radical (unpaired) electrons. The molecule has 0 atom stereocenters. The fourth-order valence-electron chi connectivity index (χ4n) is 2.24. The summed E-state index contributed by atoms with van der Waals surface area (Å²) in [5.74, 6) is 0.572. The summed E-state index contributed by atoms with van der Waals surface area (Å²) in [6.07, 6.45) is 2.05. The number of halogens is 1. The second kappa shape index (κ2) is 6.00. The first kappa shape index (κ1) is 16.9. The second-order valence-electron chi connectivity index (χ2n) is 6.53. The van der Waals surface area contributed by atoms with Gasteiger partial charge in [-0.25, -0.2) is 0 Å². The van der Waals surface area contributed by atoms with Gasteiger partial charge in [-0.2, -0.15) is 12.6 Å². The normalized spacial score (nSPS) is 20.9. The van der Waals surface area contributed by atoms with Crippen LogP contribution >= 0.6 is 24.2 Å². The second-order valence-corrected chi connectivity index (χ2v) is 7.28. The van der Waals surface area contributed by atoms with Crippen LogP contribution in [0.2, 0.25) is 5.02 Å². The van der Waals surface area contributed by atoms with E-state index in [-0.39, 0.29) is 18.3 Å². The van der Waals surface area contributed by atoms with Crippen LogP contribution in [-0.4, -0.2) is 24.1 Å². The van der Waals surface area contributed by atoms with Gasteiger partial charge in [-0.3, -0.25) is 0 Å². The van der Waals surface area contributed by atoms with Gasteiger partial charge in [-0.15, -0.1) is 0 Å². The first-order valence-electron chi connectivity index (χ1n) is 7.09. The SMILES string of the molecule is Cc1cc(Cl)cc(C=C(CS)B2OC(C)(C)C(C)(C)O2)c1. The van der Waals surface area contributed by atoms with Crippen molar-refractivity contribution >= 4 is 37.4 Å². The predicted octanol–water partition coefficient (Wildman–Crippen LogP) is 4.59. The van der Waals surface area contributed by atoms with Gasteiger partial charge in [0, 0.05) is 10.8 Å². The molecule has 2 nitrogen and oxygen atoms in total. The largest absolute Gasteiger partial charge is 0.491 e. The molecule has 1 aliphatic heterocycles. The van der Waals surface area contributed by atoms with Crippen LogP contribution in [-0.2, 0) is 9.31 Å². The molecular formula is C16H22BClO2S. The molecule has 1 heterocycles. The van der Waals surface area contributed by atoms with Gasteiger partial charge in [-0.1, -0.05) is 23.7 Å². The van der Waals surface area contributed by atoms with Gasteiger partial charge in [-0.05, 0) is 63.4 Å². The number of aryl methyl sites for hydroxylation is 1. The number of benzene rings is 1. The van der Waals surface area contributed by atoms with Crippen molar-refractivity contribution in [3.05, 3.63) is 39.8 Å². The van der Waals surface area contributed by atoms with Crippen molar-refractivity contribution in [3.63, 3.8) is 0 Å². The first-order chi connectivity index (χ1) is 9.64. The van der Waals surface area contributed by atoms with E-state index in [1.165, 1.54) is 0 Å². The third-order valence-corrected chi connectivity index (χ3v) is 4.74. The molecule has 1 saturated heterocycles. The predicted molar refractivity (Wildman–Crippen MR) is 94.1 cm³/mol. The molecule has 114 valence electrons. The molecule has 21 heavy (non-hydrogen) atoms. The molecule has 5 heteroatoms. The quantitative estimate of drug-likeness (QED) is 0.647. The van der Waals surface area contributed by atoms with Gasteiger partial charge in [0.2, 0.25) is 0 Å². The Morgan fingerprint density at radius 2 is 1.76 bits per heavy atom. The summed E-state index contributed by atoms with van der Waals surface area (Å²) < 4.78 is 12.2. The zero-order valence-corrected chi connectivity index (χ0v) is 14.9. The minimum Gasteiger partial charge on any atom is -0.400 e. The van der Waals surface area contributed by atoms with E-state index < -0.39 is 0 Å². The lowest BCUT2D eigenvalue weighted by molar-refractivity contribution is 0.00578. The van der Waals surface area contributed by atoms with E-state index >= 15 is 0 Å². The van der Waals surface area contributed by atoms with E-state index in [0.717, 1.165) is 21.6 Å². The highest BCUT2D eigenvalue weighted by Gasteiger charge is 2.52. The summed E-state index contributed by atoms with van der Waals surface area (Å²) in [6.45, 7) is 10.2. The third kappa shape index (κ3) is 3.68. The molecule has 0 saturated carbocycles. The van der Waals surface area contributed by atoms with Gasteiger partial charge < -0.3 is 9.31 Å². The van der Waals surface area contributed by atoms with Crippen molar-refractivity contribution in [3.8, 4) is 0 Å². The monoisotopic (exact) mass is 324 g/mol. The zero-order valence-electron chi connectivity index (χ0n) is 13.2. The summed E-state index contributed by atoms with van der Waals surface area (Å²) >= 11 is 10.5. The number of rotatable bonds is 3. The zero-order chi connectivity index (χ0) is 15.8. The van der Waals surface area contributed by atoms with Gasteiger partial charge in [0.05, 0.1) is 11.2 Å². The standard InChI is InChI=1S/C16H22BClO2S/c1-11-6-12(9-14(18)7-11)8-13(10-21)17-19-15(2,3)16(4,5)20-17/h6-9,21H,10H2,1-5H3. The maximum atomic E-state index is 6.12. The summed E-state index contributed by atoms with van der Waals surface area (Å²) in [4.78, 5) is 0. The highest BCUT2D eigenvalue weighted by atomic mass is 35.5. The highest BCUT2D eigenvalue weighted by Crippen LogP contribution is 2.39. The number of hydrogen-bond acceptors (Lipinski definition) is 3. The van der Waals surface area contributed by atoms with Gasteiger partial charge in [0.25, 0.3) is 0 Å². The summed E-state index contributed by atoms with van der Waals surface area (Å²) in [7, 11) is -0.369. The van der Waals surface area contributed by atoms with Gasteiger partial charge in [0.15, 0.2) is 0 Å². The van der Waals surface area contributed by atoms with Crippen molar-refractivity contribution in [2.75, 3.05) is 5.75 Å². The lowest BCUT2D eigenvalue weighted by Gasteiger charge is -2.32. The van der Waals surface area contributed by atoms with E-state index in [1.807, 2.05) is 52.8 Å². The van der Waals surface area contributed by atoms with Crippen LogP contribution in [0.3, 0.4) is 0 Å². The maximum Gasteiger partial charge on any atom is 0.491 e. The molecular weight excluding hydrogens is 303 g/mol. The van der Waals surface area contributed by atoms with Gasteiger partial charge in [0.1, 0.15) is 0 Å². The van der Waals surface area contributed by atoms with Crippen LogP contribution in [0.25, 0.3) is 6.08 Å². The van der Waals surface area contributed by atoms with Crippen molar-refractivity contribution in [2.24, 2.45) is 0 Å². The summed E-state index contributed by atoms with van der Waals surface area (Å²) in [5.41, 5.74) is 2.48. The number of hydrogen-bond donors (Lipinski definition) is 1. The first-order valence-corrected chi connectivity index (χ1v) is 8.10. The van der Waals surface area contributed by atoms with Crippen molar-refractivity contribution < 1.29 is 9.31 Å². The smallest absolute Gasteiger partial charge is 0.400 e. The molecule has 0 N–H and O–H groups in total. The van der Waals surface area contributed by atoms with Gasteiger partial charge >= 0.3 is 7.12 Å². The molecule has 0 amide bonds. The Hall–Kier alpha value is -0.415. The van der Waals surface area contributed by atoms with Crippen LogP contribution in [0.4, 0.5) is 0 Å². The molecule has 1 aromatic carbocycles. The Labute approximate surface area is 138 Å². The van der Waals surface area contributed by atoms with E-state index in [2.05, 4.69) is 18.7 Å². The molecule has 0 aliphatic carbocycles. The molecule has 0 aromatic heterocycles. The molecule has 2 rings (SSSR count). The minimum atomic E-state index is -0.369. The molecule has 1 aromatic rings. The van der Waals surface area contributed by atoms with E-state index in [4.69, 9.17) is 20.9 Å². The molecule has 0 bridgehead atoms. The Morgan fingerprint density at radius 1 is 1.19 bits per heavy atom. The van der Waals surface area contributed by atoms with Crippen LogP contribution in [0.15, 0.2) is 23.7 Å². The fourth-order valence-corrected chi connectivity index (χ4v) is 2.78. The fraction of sp³-hybridized carbons (Fsp3) is 0.500. The molecule has 0 spiro atoms. The number of thiol groups is 1. The Kier molecular flexibility index (Phi) is 4.84. The Morgan fingerprint density at radius 3 is 2.24 bits per heavy atom. The Bertz CT molecular complexity index is 533. The van der Waals surface area contributed by atoms with E-state index in [0.29, 0.717) is 5.75 Å².